The molecule has 0 saturated carbocycles. The predicted molar refractivity (Wildman–Crippen MR) is 103 cm³/mol. The van der Waals surface area contributed by atoms with Gasteiger partial charge in [-0.25, -0.2) is 4.39 Å². The summed E-state index contributed by atoms with van der Waals surface area (Å²) < 4.78 is 13.0. The molecular weight excluding hydrogens is 327 g/mol. The van der Waals surface area contributed by atoms with Gasteiger partial charge in [-0.2, -0.15) is 0 Å². The number of rotatable bonds is 6. The summed E-state index contributed by atoms with van der Waals surface area (Å²) in [6.45, 7) is 2.90. The number of nitrogens with one attached hydrogen (secondary N) is 1. The van der Waals surface area contributed by atoms with Gasteiger partial charge in [0.25, 0.3) is 0 Å². The smallest absolute Gasteiger partial charge is 0.234 e. The molecule has 0 aliphatic heterocycles. The average molecular weight is 350 g/mol. The first-order chi connectivity index (χ1) is 12.5. The minimum absolute atomic E-state index is 0.0508. The number of benzene rings is 3. The van der Waals surface area contributed by atoms with E-state index in [1.807, 2.05) is 31.0 Å². The van der Waals surface area contributed by atoms with Gasteiger partial charge >= 0.3 is 0 Å². The third kappa shape index (κ3) is 4.67. The highest BCUT2D eigenvalue weighted by Crippen LogP contribution is 2.17. The van der Waals surface area contributed by atoms with Crippen molar-refractivity contribution in [2.24, 2.45) is 0 Å². The molecule has 0 radical (unpaired) electrons. The number of amides is 1. The van der Waals surface area contributed by atoms with Crippen LogP contribution in [-0.4, -0.2) is 24.4 Å². The number of nitrogens with zero attached hydrogens (tertiary/aromatic N) is 1. The molecule has 0 aliphatic carbocycles. The van der Waals surface area contributed by atoms with Crippen molar-refractivity contribution in [3.8, 4) is 0 Å². The maximum absolute atomic E-state index is 13.0. The number of hydrogen-bond acceptors (Lipinski definition) is 2. The zero-order valence-electron chi connectivity index (χ0n) is 15.1. The second-order valence-corrected chi connectivity index (χ2v) is 6.69. The van der Waals surface area contributed by atoms with Crippen LogP contribution in [-0.2, 0) is 11.3 Å². The van der Waals surface area contributed by atoms with Gasteiger partial charge in [0.1, 0.15) is 5.82 Å². The minimum atomic E-state index is -0.276. The van der Waals surface area contributed by atoms with Crippen LogP contribution < -0.4 is 5.32 Å². The standard InChI is InChI=1S/C22H23FN2O/c1-16(18-9-11-21(23)12-10-18)24-22(26)15-25(2)14-17-7-8-19-5-3-4-6-20(19)13-17/h3-13,16H,14-15H2,1-2H3,(H,24,26)/t16-/m0/s1. The second-order valence-electron chi connectivity index (χ2n) is 6.69. The average Bonchev–Trinajstić information content (AvgIpc) is 2.61. The van der Waals surface area contributed by atoms with Gasteiger partial charge in [0.05, 0.1) is 12.6 Å². The predicted octanol–water partition coefficient (Wildman–Crippen LogP) is 4.29. The fourth-order valence-electron chi connectivity index (χ4n) is 3.07. The number of carbonyl (C=O) groups excluding carboxylic acids is 1. The quantitative estimate of drug-likeness (QED) is 0.719. The van der Waals surface area contributed by atoms with Crippen molar-refractivity contribution < 1.29 is 9.18 Å². The first-order valence-corrected chi connectivity index (χ1v) is 8.72. The van der Waals surface area contributed by atoms with Gasteiger partial charge in [0.2, 0.25) is 5.91 Å². The highest BCUT2D eigenvalue weighted by Gasteiger charge is 2.12. The lowest BCUT2D eigenvalue weighted by Crippen LogP contribution is -2.36. The molecule has 0 aliphatic rings. The monoisotopic (exact) mass is 350 g/mol. The summed E-state index contributed by atoms with van der Waals surface area (Å²) in [5.74, 6) is -0.326. The van der Waals surface area contributed by atoms with Gasteiger partial charge in [-0.1, -0.05) is 48.5 Å². The Hall–Kier alpha value is -2.72. The van der Waals surface area contributed by atoms with Crippen molar-refractivity contribution >= 4 is 16.7 Å². The molecule has 0 spiro atoms. The number of fused-ring (bicyclic) bond motifs is 1. The van der Waals surface area contributed by atoms with E-state index in [9.17, 15) is 9.18 Å². The first kappa shape index (κ1) is 18.1. The van der Waals surface area contributed by atoms with Crippen LogP contribution in [0.4, 0.5) is 4.39 Å². The molecule has 0 unspecified atom stereocenters. The molecule has 134 valence electrons. The molecule has 1 N–H and O–H groups in total. The molecule has 26 heavy (non-hydrogen) atoms. The Balaban J connectivity index is 1.55. The fraction of sp³-hybridized carbons (Fsp3) is 0.227. The molecule has 3 rings (SSSR count). The summed E-state index contributed by atoms with van der Waals surface area (Å²) in [7, 11) is 1.93. The zero-order chi connectivity index (χ0) is 18.5. The Labute approximate surface area is 153 Å². The third-order valence-electron chi connectivity index (χ3n) is 4.43. The van der Waals surface area contributed by atoms with E-state index >= 15 is 0 Å². The summed E-state index contributed by atoms with van der Waals surface area (Å²) in [6.07, 6.45) is 0. The van der Waals surface area contributed by atoms with Crippen LogP contribution in [0.5, 0.6) is 0 Å². The van der Waals surface area contributed by atoms with Crippen molar-refractivity contribution in [1.29, 1.82) is 0 Å². The van der Waals surface area contributed by atoms with Gasteiger partial charge in [-0.3, -0.25) is 9.69 Å². The molecule has 1 atom stereocenters. The highest BCUT2D eigenvalue weighted by molar-refractivity contribution is 5.83. The molecule has 3 aromatic carbocycles. The van der Waals surface area contributed by atoms with E-state index in [2.05, 4.69) is 35.6 Å². The maximum atomic E-state index is 13.0. The van der Waals surface area contributed by atoms with Crippen molar-refractivity contribution in [3.05, 3.63) is 83.7 Å². The molecule has 0 bridgehead atoms. The van der Waals surface area contributed by atoms with E-state index in [0.29, 0.717) is 13.1 Å². The summed E-state index contributed by atoms with van der Waals surface area (Å²) >= 11 is 0. The van der Waals surface area contributed by atoms with Crippen LogP contribution in [0.2, 0.25) is 0 Å². The van der Waals surface area contributed by atoms with Crippen LogP contribution in [0.3, 0.4) is 0 Å². The van der Waals surface area contributed by atoms with Gasteiger partial charge in [-0.15, -0.1) is 0 Å². The Morgan fingerprint density at radius 1 is 1.04 bits per heavy atom. The zero-order valence-corrected chi connectivity index (χ0v) is 15.1. The molecule has 3 nitrogen and oxygen atoms in total. The Kier molecular flexibility index (Phi) is 5.64. The normalized spacial score (nSPS) is 12.3. The molecule has 4 heteroatoms. The Morgan fingerprint density at radius 2 is 1.73 bits per heavy atom. The Morgan fingerprint density at radius 3 is 2.46 bits per heavy atom. The van der Waals surface area contributed by atoms with E-state index in [0.717, 1.165) is 5.56 Å². The summed E-state index contributed by atoms with van der Waals surface area (Å²) in [6, 6.07) is 20.6. The first-order valence-electron chi connectivity index (χ1n) is 8.72. The topological polar surface area (TPSA) is 32.3 Å². The Bertz CT molecular complexity index is 892. The largest absolute Gasteiger partial charge is 0.348 e. The molecule has 0 fully saturated rings. The number of carbonyl (C=O) groups is 1. The summed E-state index contributed by atoms with van der Waals surface area (Å²) in [5, 5.41) is 5.37. The van der Waals surface area contributed by atoms with Gasteiger partial charge in [0, 0.05) is 6.54 Å². The van der Waals surface area contributed by atoms with Gasteiger partial charge in [-0.05, 0) is 54.1 Å². The molecule has 1 amide bonds. The third-order valence-corrected chi connectivity index (χ3v) is 4.43. The van der Waals surface area contributed by atoms with Crippen LogP contribution in [0.15, 0.2) is 66.7 Å². The van der Waals surface area contributed by atoms with E-state index < -0.39 is 0 Å². The minimum Gasteiger partial charge on any atom is -0.348 e. The number of hydrogen-bond donors (Lipinski definition) is 1. The van der Waals surface area contributed by atoms with Crippen LogP contribution in [0, 0.1) is 5.82 Å². The van der Waals surface area contributed by atoms with Crippen LogP contribution >= 0.6 is 0 Å². The van der Waals surface area contributed by atoms with E-state index in [1.54, 1.807) is 12.1 Å². The van der Waals surface area contributed by atoms with Crippen LogP contribution in [0.1, 0.15) is 24.1 Å². The highest BCUT2D eigenvalue weighted by atomic mass is 19.1. The van der Waals surface area contributed by atoms with E-state index in [-0.39, 0.29) is 17.8 Å². The lowest BCUT2D eigenvalue weighted by Gasteiger charge is -2.19. The second kappa shape index (κ2) is 8.11. The number of likely N-dealkylation sites (N-methyl/N-ethyl adjacent to an activating group) is 1. The van der Waals surface area contributed by atoms with Gasteiger partial charge < -0.3 is 5.32 Å². The molecule has 0 aromatic heterocycles. The summed E-state index contributed by atoms with van der Waals surface area (Å²) in [4.78, 5) is 14.3. The van der Waals surface area contributed by atoms with Crippen molar-refractivity contribution in [2.75, 3.05) is 13.6 Å². The number of halogens is 1. The van der Waals surface area contributed by atoms with Crippen molar-refractivity contribution in [3.63, 3.8) is 0 Å². The van der Waals surface area contributed by atoms with E-state index in [1.165, 1.54) is 28.5 Å². The fourth-order valence-corrected chi connectivity index (χ4v) is 3.07. The molecule has 0 heterocycles. The molecule has 3 aromatic rings. The summed E-state index contributed by atoms with van der Waals surface area (Å²) in [5.41, 5.74) is 2.06. The lowest BCUT2D eigenvalue weighted by atomic mass is 10.1. The lowest BCUT2D eigenvalue weighted by molar-refractivity contribution is -0.122. The van der Waals surface area contributed by atoms with Crippen molar-refractivity contribution in [1.82, 2.24) is 10.2 Å². The van der Waals surface area contributed by atoms with Gasteiger partial charge in [0.15, 0.2) is 0 Å². The van der Waals surface area contributed by atoms with Crippen LogP contribution in [0.25, 0.3) is 10.8 Å². The van der Waals surface area contributed by atoms with E-state index in [4.69, 9.17) is 0 Å². The SMILES string of the molecule is C[C@H](NC(=O)CN(C)Cc1ccc2ccccc2c1)c1ccc(F)cc1. The van der Waals surface area contributed by atoms with Crippen molar-refractivity contribution in [2.45, 2.75) is 19.5 Å². The molecule has 0 saturated heterocycles. The molecular formula is C22H23FN2O. The maximum Gasteiger partial charge on any atom is 0.234 e.